The van der Waals surface area contributed by atoms with Crippen LogP contribution in [0.2, 0.25) is 0 Å². The molecule has 9 rings (SSSR count). The van der Waals surface area contributed by atoms with Gasteiger partial charge in [0, 0.05) is 5.56 Å². The quantitative estimate of drug-likeness (QED) is 0.538. The Morgan fingerprint density at radius 3 is 2.23 bits per heavy atom. The van der Waals surface area contributed by atoms with Gasteiger partial charge in [-0.3, -0.25) is 4.79 Å². The Labute approximate surface area is 177 Å². The predicted octanol–water partition coefficient (Wildman–Crippen LogP) is 5.59. The highest BCUT2D eigenvalue weighted by atomic mass is 16.5. The van der Waals surface area contributed by atoms with Gasteiger partial charge in [0.05, 0.1) is 13.0 Å². The summed E-state index contributed by atoms with van der Waals surface area (Å²) in [5.74, 6) is 1.37. The molecule has 0 N–H and O–H groups in total. The second kappa shape index (κ2) is 6.84. The Balaban J connectivity index is 1.49. The molecule has 0 spiro atoms. The lowest BCUT2D eigenvalue weighted by molar-refractivity contribution is 0.0959. The van der Waals surface area contributed by atoms with Crippen molar-refractivity contribution in [1.82, 2.24) is 0 Å². The topological polar surface area (TPSA) is 26.3 Å². The molecule has 3 aromatic rings. The lowest BCUT2D eigenvalue weighted by Gasteiger charge is -2.32. The Bertz CT molecular complexity index is 1160. The first-order valence-corrected chi connectivity index (χ1v) is 11.2. The second-order valence-corrected chi connectivity index (χ2v) is 9.03. The van der Waals surface area contributed by atoms with Gasteiger partial charge in [-0.25, -0.2) is 0 Å². The summed E-state index contributed by atoms with van der Waals surface area (Å²) in [6.07, 6.45) is 6.28. The van der Waals surface area contributed by atoms with E-state index in [9.17, 15) is 4.79 Å². The van der Waals surface area contributed by atoms with E-state index in [4.69, 9.17) is 4.74 Å². The molecule has 6 aliphatic carbocycles. The SMILES string of the molecule is COc1ccc2c(c1)C(=O)[C@@H]1c3c4ccc(c3CC[C@H]21)CCc1ccc(cc1)CC4. The van der Waals surface area contributed by atoms with Crippen LogP contribution in [0.15, 0.2) is 54.6 Å². The third-order valence-electron chi connectivity index (χ3n) is 7.56. The van der Waals surface area contributed by atoms with Crippen molar-refractivity contribution >= 4 is 5.78 Å². The number of methoxy groups -OCH3 is 1. The number of fused-ring (bicyclic) bond motifs is 3. The number of ether oxygens (including phenoxy) is 1. The number of Topliss-reactive ketones (excluding diaryl/α,β-unsaturated/α-hetero) is 1. The van der Waals surface area contributed by atoms with Gasteiger partial charge < -0.3 is 4.74 Å². The summed E-state index contributed by atoms with van der Waals surface area (Å²) >= 11 is 0. The maximum Gasteiger partial charge on any atom is 0.171 e. The molecule has 0 aliphatic heterocycles. The molecule has 0 fully saturated rings. The summed E-state index contributed by atoms with van der Waals surface area (Å²) in [5.41, 5.74) is 10.5. The van der Waals surface area contributed by atoms with E-state index in [0.717, 1.165) is 49.8 Å². The van der Waals surface area contributed by atoms with E-state index in [1.54, 1.807) is 7.11 Å². The number of carbonyl (C=O) groups excluding carboxylic acids is 1. The fourth-order valence-electron chi connectivity index (χ4n) is 6.01. The number of rotatable bonds is 1. The summed E-state index contributed by atoms with van der Waals surface area (Å²) in [4.78, 5) is 13.7. The van der Waals surface area contributed by atoms with Crippen LogP contribution < -0.4 is 4.74 Å². The van der Waals surface area contributed by atoms with Gasteiger partial charge in [0.1, 0.15) is 5.75 Å². The Hall–Kier alpha value is -2.87. The van der Waals surface area contributed by atoms with Gasteiger partial charge in [-0.1, -0.05) is 42.5 Å². The van der Waals surface area contributed by atoms with Crippen LogP contribution >= 0.6 is 0 Å². The highest BCUT2D eigenvalue weighted by molar-refractivity contribution is 6.07. The van der Waals surface area contributed by atoms with Crippen LogP contribution in [0, 0.1) is 0 Å². The van der Waals surface area contributed by atoms with E-state index in [2.05, 4.69) is 42.5 Å². The molecule has 2 heteroatoms. The molecular formula is C28H26O2. The summed E-state index contributed by atoms with van der Waals surface area (Å²) in [6.45, 7) is 0. The first-order chi connectivity index (χ1) is 14.7. The van der Waals surface area contributed by atoms with Gasteiger partial charge in [0.2, 0.25) is 0 Å². The number of ketones is 1. The van der Waals surface area contributed by atoms with Crippen LogP contribution in [0.25, 0.3) is 0 Å². The van der Waals surface area contributed by atoms with Crippen LogP contribution in [0.5, 0.6) is 5.75 Å². The summed E-state index contributed by atoms with van der Waals surface area (Å²) < 4.78 is 5.42. The number of hydrogen-bond donors (Lipinski definition) is 0. The standard InChI is InChI=1S/C28H26O2/c1-30-21-12-13-23-24-15-14-22-19-8-6-17-2-4-18(5-3-17)7-9-20(11-10-19)26(22)27(24)28(29)25(23)16-21/h2-5,10-13,16,24,27H,6-9,14-15H2,1H3/t24-,27+/m1/s1. The highest BCUT2D eigenvalue weighted by Gasteiger charge is 2.45. The van der Waals surface area contributed by atoms with Gasteiger partial charge in [-0.15, -0.1) is 0 Å². The number of carbonyl (C=O) groups is 1. The average molecular weight is 395 g/mol. The molecular weight excluding hydrogens is 368 g/mol. The minimum absolute atomic E-state index is 0.0188. The average Bonchev–Trinajstić information content (AvgIpc) is 3.07. The molecule has 0 unspecified atom stereocenters. The zero-order chi connectivity index (χ0) is 20.2. The second-order valence-electron chi connectivity index (χ2n) is 9.03. The number of aryl methyl sites for hydroxylation is 4. The molecule has 0 saturated carbocycles. The van der Waals surface area contributed by atoms with Crippen LogP contribution in [-0.4, -0.2) is 12.9 Å². The third-order valence-corrected chi connectivity index (χ3v) is 7.56. The minimum Gasteiger partial charge on any atom is -0.497 e. The van der Waals surface area contributed by atoms with Crippen molar-refractivity contribution in [2.75, 3.05) is 7.11 Å². The zero-order valence-electron chi connectivity index (χ0n) is 17.4. The van der Waals surface area contributed by atoms with Crippen LogP contribution in [-0.2, 0) is 32.1 Å². The molecule has 6 aliphatic rings. The molecule has 30 heavy (non-hydrogen) atoms. The molecule has 2 atom stereocenters. The van der Waals surface area contributed by atoms with Gasteiger partial charge >= 0.3 is 0 Å². The van der Waals surface area contributed by atoms with Gasteiger partial charge in [-0.2, -0.15) is 0 Å². The number of hydrogen-bond acceptors (Lipinski definition) is 2. The molecule has 0 amide bonds. The monoisotopic (exact) mass is 394 g/mol. The van der Waals surface area contributed by atoms with Crippen molar-refractivity contribution in [3.8, 4) is 5.75 Å². The van der Waals surface area contributed by atoms with Crippen molar-refractivity contribution in [3.63, 3.8) is 0 Å². The molecule has 150 valence electrons. The molecule has 0 heterocycles. The molecule has 0 aromatic heterocycles. The first-order valence-electron chi connectivity index (χ1n) is 11.2. The van der Waals surface area contributed by atoms with Crippen LogP contribution in [0.1, 0.15) is 67.6 Å². The van der Waals surface area contributed by atoms with Gasteiger partial charge in [0.25, 0.3) is 0 Å². The maximum absolute atomic E-state index is 13.7. The van der Waals surface area contributed by atoms with Crippen molar-refractivity contribution in [2.45, 2.75) is 50.4 Å². The van der Waals surface area contributed by atoms with E-state index in [1.807, 2.05) is 12.1 Å². The van der Waals surface area contributed by atoms with Crippen molar-refractivity contribution in [1.29, 1.82) is 0 Å². The third kappa shape index (κ3) is 2.66. The fourth-order valence-corrected chi connectivity index (χ4v) is 6.01. The van der Waals surface area contributed by atoms with Gasteiger partial charge in [-0.05, 0) is 95.5 Å². The van der Waals surface area contributed by atoms with E-state index in [0.29, 0.717) is 11.7 Å². The van der Waals surface area contributed by atoms with Crippen LogP contribution in [0.4, 0.5) is 0 Å². The molecule has 0 saturated heterocycles. The summed E-state index contributed by atoms with van der Waals surface area (Å²) in [6, 6.07) is 19.9. The predicted molar refractivity (Wildman–Crippen MR) is 119 cm³/mol. The summed E-state index contributed by atoms with van der Waals surface area (Å²) in [5, 5.41) is 0. The Kier molecular flexibility index (Phi) is 4.09. The normalized spacial score (nSPS) is 21.4. The van der Waals surface area contributed by atoms with E-state index >= 15 is 0 Å². The van der Waals surface area contributed by atoms with Crippen molar-refractivity contribution in [3.05, 3.63) is 99.1 Å². The maximum atomic E-state index is 13.7. The molecule has 4 bridgehead atoms. The smallest absolute Gasteiger partial charge is 0.171 e. The van der Waals surface area contributed by atoms with Crippen molar-refractivity contribution in [2.24, 2.45) is 0 Å². The lowest BCUT2D eigenvalue weighted by Crippen LogP contribution is -2.23. The van der Waals surface area contributed by atoms with E-state index < -0.39 is 0 Å². The first kappa shape index (κ1) is 17.9. The highest BCUT2D eigenvalue weighted by Crippen LogP contribution is 2.52. The van der Waals surface area contributed by atoms with Crippen LogP contribution in [0.3, 0.4) is 0 Å². The van der Waals surface area contributed by atoms with Gasteiger partial charge in [0.15, 0.2) is 5.78 Å². The largest absolute Gasteiger partial charge is 0.497 e. The number of benzene rings is 3. The fraction of sp³-hybridized carbons (Fsp3) is 0.321. The van der Waals surface area contributed by atoms with E-state index in [1.165, 1.54) is 38.9 Å². The Morgan fingerprint density at radius 1 is 0.800 bits per heavy atom. The minimum atomic E-state index is -0.0188. The molecule has 2 nitrogen and oxygen atoms in total. The lowest BCUT2D eigenvalue weighted by atomic mass is 9.71. The molecule has 0 radical (unpaired) electrons. The van der Waals surface area contributed by atoms with E-state index in [-0.39, 0.29) is 5.92 Å². The van der Waals surface area contributed by atoms with Crippen molar-refractivity contribution < 1.29 is 9.53 Å². The zero-order valence-corrected chi connectivity index (χ0v) is 17.4. The molecule has 3 aromatic carbocycles. The summed E-state index contributed by atoms with van der Waals surface area (Å²) in [7, 11) is 1.67. The Morgan fingerprint density at radius 2 is 1.50 bits per heavy atom.